The lowest BCUT2D eigenvalue weighted by Crippen LogP contribution is -2.51. The molecule has 2 aliphatic heterocycles. The van der Waals surface area contributed by atoms with E-state index in [-0.39, 0.29) is 11.3 Å². The lowest BCUT2D eigenvalue weighted by Gasteiger charge is -2.47. The highest BCUT2D eigenvalue weighted by molar-refractivity contribution is 7.88. The van der Waals surface area contributed by atoms with Crippen LogP contribution < -0.4 is 0 Å². The van der Waals surface area contributed by atoms with Crippen LogP contribution in [0, 0.1) is 5.41 Å². The van der Waals surface area contributed by atoms with Gasteiger partial charge in [-0.1, -0.05) is 0 Å². The number of aromatic nitrogens is 1. The Morgan fingerprint density at radius 1 is 1.20 bits per heavy atom. The summed E-state index contributed by atoms with van der Waals surface area (Å²) in [7, 11) is -3.11. The smallest absolute Gasteiger partial charge is 0.475 e. The van der Waals surface area contributed by atoms with Gasteiger partial charge in [-0.2, -0.15) is 13.2 Å². The molecule has 3 rings (SSSR count). The second kappa shape index (κ2) is 9.29. The third kappa shape index (κ3) is 6.66. The Labute approximate surface area is 172 Å². The van der Waals surface area contributed by atoms with Crippen molar-refractivity contribution < 1.29 is 36.3 Å². The van der Waals surface area contributed by atoms with E-state index in [9.17, 15) is 26.4 Å². The molecule has 30 heavy (non-hydrogen) atoms. The molecule has 0 bridgehead atoms. The topological polar surface area (TPSA) is 108 Å². The fraction of sp³-hybridized carbons (Fsp3) is 0.611. The summed E-state index contributed by atoms with van der Waals surface area (Å²) in [6.45, 7) is 2.47. The van der Waals surface area contributed by atoms with E-state index >= 15 is 0 Å². The van der Waals surface area contributed by atoms with Gasteiger partial charge in [0, 0.05) is 45.0 Å². The molecule has 0 unspecified atom stereocenters. The highest BCUT2D eigenvalue weighted by atomic mass is 32.2. The number of carboxylic acid groups (broad SMARTS) is 1. The van der Waals surface area contributed by atoms with Gasteiger partial charge in [-0.25, -0.2) is 17.5 Å². The summed E-state index contributed by atoms with van der Waals surface area (Å²) in [5, 5.41) is 7.12. The lowest BCUT2D eigenvalue weighted by atomic mass is 9.72. The van der Waals surface area contributed by atoms with Crippen molar-refractivity contribution in [1.29, 1.82) is 0 Å². The van der Waals surface area contributed by atoms with Crippen LogP contribution in [-0.2, 0) is 26.2 Å². The molecule has 1 aromatic heterocycles. The summed E-state index contributed by atoms with van der Waals surface area (Å²) in [5.41, 5.74) is 1.15. The number of likely N-dealkylation sites (tertiary alicyclic amines) is 1. The number of nitrogens with zero attached hydrogens (tertiary/aromatic N) is 3. The van der Waals surface area contributed by atoms with Gasteiger partial charge in [0.25, 0.3) is 0 Å². The number of rotatable bonds is 3. The van der Waals surface area contributed by atoms with Gasteiger partial charge in [0.15, 0.2) is 0 Å². The molecule has 0 saturated carbocycles. The molecule has 2 aliphatic rings. The molecule has 1 spiro atoms. The van der Waals surface area contributed by atoms with E-state index in [1.54, 1.807) is 16.7 Å². The van der Waals surface area contributed by atoms with Gasteiger partial charge in [-0.15, -0.1) is 0 Å². The number of alkyl halides is 3. The zero-order valence-electron chi connectivity index (χ0n) is 16.4. The minimum absolute atomic E-state index is 0.0716. The maximum atomic E-state index is 12.3. The molecular formula is C18H24F3N3O5S. The third-order valence-corrected chi connectivity index (χ3v) is 6.67. The van der Waals surface area contributed by atoms with Crippen molar-refractivity contribution in [2.24, 2.45) is 5.41 Å². The SMILES string of the molecule is CS(=O)(=O)N1CCC2(CCC(=O)N(Cc3ccncc3)C2)CC1.O=C(O)C(F)(F)F. The van der Waals surface area contributed by atoms with Crippen LogP contribution in [0.15, 0.2) is 24.5 Å². The van der Waals surface area contributed by atoms with Crippen LogP contribution in [0.5, 0.6) is 0 Å². The minimum atomic E-state index is -5.08. The maximum Gasteiger partial charge on any atom is 0.490 e. The van der Waals surface area contributed by atoms with Crippen molar-refractivity contribution in [3.63, 3.8) is 0 Å². The Bertz CT molecular complexity index is 854. The Kier molecular flexibility index (Phi) is 7.45. The van der Waals surface area contributed by atoms with Crippen LogP contribution in [0.4, 0.5) is 13.2 Å². The highest BCUT2D eigenvalue weighted by Gasteiger charge is 2.42. The molecule has 3 heterocycles. The molecule has 1 aromatic rings. The first-order valence-corrected chi connectivity index (χ1v) is 11.1. The standard InChI is InChI=1S/C16H23N3O3S.C2HF3O2/c1-23(21,22)19-10-6-16(7-11-19)5-2-15(20)18(13-16)12-14-3-8-17-9-4-14;3-2(4,5)1(6)7/h3-4,8-9H,2,5-7,10-13H2,1H3;(H,6,7). The van der Waals surface area contributed by atoms with Crippen LogP contribution in [-0.4, -0.2) is 71.7 Å². The minimum Gasteiger partial charge on any atom is -0.475 e. The van der Waals surface area contributed by atoms with Crippen molar-refractivity contribution in [1.82, 2.24) is 14.2 Å². The molecule has 12 heteroatoms. The normalized spacial score (nSPS) is 19.9. The van der Waals surface area contributed by atoms with E-state index in [0.717, 1.165) is 31.4 Å². The van der Waals surface area contributed by atoms with Crippen molar-refractivity contribution in [3.05, 3.63) is 30.1 Å². The number of halogens is 3. The first-order valence-electron chi connectivity index (χ1n) is 9.24. The number of hydrogen-bond acceptors (Lipinski definition) is 5. The summed E-state index contributed by atoms with van der Waals surface area (Å²) in [6.07, 6.45) is 2.76. The van der Waals surface area contributed by atoms with Gasteiger partial charge in [0.05, 0.1) is 6.26 Å². The summed E-state index contributed by atoms with van der Waals surface area (Å²) < 4.78 is 56.6. The second-order valence-corrected chi connectivity index (χ2v) is 9.55. The molecular weight excluding hydrogens is 427 g/mol. The third-order valence-electron chi connectivity index (χ3n) is 5.37. The van der Waals surface area contributed by atoms with Crippen molar-refractivity contribution in [2.45, 2.75) is 38.4 Å². The number of amides is 1. The van der Waals surface area contributed by atoms with E-state index in [1.807, 2.05) is 17.0 Å². The maximum absolute atomic E-state index is 12.3. The summed E-state index contributed by atoms with van der Waals surface area (Å²) >= 11 is 0. The lowest BCUT2D eigenvalue weighted by molar-refractivity contribution is -0.192. The van der Waals surface area contributed by atoms with E-state index in [2.05, 4.69) is 4.98 Å². The number of pyridine rings is 1. The molecule has 168 valence electrons. The summed E-state index contributed by atoms with van der Waals surface area (Å²) in [5.74, 6) is -2.56. The second-order valence-electron chi connectivity index (χ2n) is 7.57. The van der Waals surface area contributed by atoms with Gasteiger partial charge in [-0.3, -0.25) is 9.78 Å². The van der Waals surface area contributed by atoms with E-state index in [4.69, 9.17) is 9.90 Å². The zero-order chi connectivity index (χ0) is 22.6. The molecule has 2 fully saturated rings. The van der Waals surface area contributed by atoms with E-state index in [0.29, 0.717) is 26.1 Å². The Hall–Kier alpha value is -2.21. The number of piperidine rings is 2. The van der Waals surface area contributed by atoms with Crippen molar-refractivity contribution in [2.75, 3.05) is 25.9 Å². The molecule has 0 aromatic carbocycles. The Morgan fingerprint density at radius 2 is 1.73 bits per heavy atom. The average Bonchev–Trinajstić information content (AvgIpc) is 2.65. The van der Waals surface area contributed by atoms with Gasteiger partial charge in [0.2, 0.25) is 15.9 Å². The molecule has 1 amide bonds. The number of hydrogen-bond donors (Lipinski definition) is 1. The zero-order valence-corrected chi connectivity index (χ0v) is 17.2. The number of sulfonamides is 1. The quantitative estimate of drug-likeness (QED) is 0.752. The Balaban J connectivity index is 0.000000396. The fourth-order valence-corrected chi connectivity index (χ4v) is 4.50. The van der Waals surface area contributed by atoms with Crippen LogP contribution in [0.3, 0.4) is 0 Å². The summed E-state index contributed by atoms with van der Waals surface area (Å²) in [4.78, 5) is 27.1. The highest BCUT2D eigenvalue weighted by Crippen LogP contribution is 2.41. The number of carbonyl (C=O) groups is 2. The van der Waals surface area contributed by atoms with Gasteiger partial charge in [0.1, 0.15) is 0 Å². The fourth-order valence-electron chi connectivity index (χ4n) is 3.66. The monoisotopic (exact) mass is 451 g/mol. The summed E-state index contributed by atoms with van der Waals surface area (Å²) in [6, 6.07) is 3.86. The largest absolute Gasteiger partial charge is 0.490 e. The van der Waals surface area contributed by atoms with E-state index in [1.165, 1.54) is 6.26 Å². The van der Waals surface area contributed by atoms with Crippen molar-refractivity contribution >= 4 is 21.9 Å². The molecule has 0 radical (unpaired) electrons. The van der Waals surface area contributed by atoms with Crippen LogP contribution in [0.2, 0.25) is 0 Å². The molecule has 8 nitrogen and oxygen atoms in total. The first-order chi connectivity index (χ1) is 13.8. The van der Waals surface area contributed by atoms with Gasteiger partial charge >= 0.3 is 12.1 Å². The average molecular weight is 451 g/mol. The van der Waals surface area contributed by atoms with Crippen LogP contribution in [0.25, 0.3) is 0 Å². The molecule has 1 N–H and O–H groups in total. The number of carbonyl (C=O) groups excluding carboxylic acids is 1. The predicted octanol–water partition coefficient (Wildman–Crippen LogP) is 1.88. The molecule has 0 aliphatic carbocycles. The van der Waals surface area contributed by atoms with E-state index < -0.39 is 22.2 Å². The molecule has 2 saturated heterocycles. The molecule has 0 atom stereocenters. The number of carboxylic acids is 1. The van der Waals surface area contributed by atoms with Crippen LogP contribution >= 0.6 is 0 Å². The predicted molar refractivity (Wildman–Crippen MR) is 101 cm³/mol. The number of aliphatic carboxylic acids is 1. The Morgan fingerprint density at radius 3 is 2.20 bits per heavy atom. The van der Waals surface area contributed by atoms with Crippen molar-refractivity contribution in [3.8, 4) is 0 Å². The van der Waals surface area contributed by atoms with Gasteiger partial charge in [-0.05, 0) is 42.4 Å². The first kappa shape index (κ1) is 24.1. The van der Waals surface area contributed by atoms with Crippen LogP contribution in [0.1, 0.15) is 31.2 Å². The van der Waals surface area contributed by atoms with Gasteiger partial charge < -0.3 is 10.0 Å².